The highest BCUT2D eigenvalue weighted by Crippen LogP contribution is 2.36. The first-order chi connectivity index (χ1) is 9.06. The predicted octanol–water partition coefficient (Wildman–Crippen LogP) is 3.24. The van der Waals surface area contributed by atoms with E-state index in [1.165, 1.54) is 0 Å². The fourth-order valence-electron chi connectivity index (χ4n) is 2.26. The molecule has 5 heteroatoms. The first kappa shape index (κ1) is 13.9. The zero-order valence-corrected chi connectivity index (χ0v) is 12.1. The van der Waals surface area contributed by atoms with E-state index in [4.69, 9.17) is 4.84 Å². The standard InChI is InChI=1S/C14H17NO3S/c1-4-18-15-11-5-6-19-13-8(2)7-10(14(16)17)9(3)12(11)13/h7H,4-6H2,1-3H3,(H,16,17)/b15-11-. The second kappa shape index (κ2) is 5.65. The average Bonchev–Trinajstić information content (AvgIpc) is 2.39. The summed E-state index contributed by atoms with van der Waals surface area (Å²) in [4.78, 5) is 17.6. The van der Waals surface area contributed by atoms with Crippen molar-refractivity contribution in [2.24, 2.45) is 5.16 Å². The van der Waals surface area contributed by atoms with Crippen LogP contribution in [0, 0.1) is 13.8 Å². The van der Waals surface area contributed by atoms with E-state index in [9.17, 15) is 9.90 Å². The van der Waals surface area contributed by atoms with Crippen molar-refractivity contribution in [3.05, 3.63) is 28.3 Å². The molecule has 19 heavy (non-hydrogen) atoms. The number of nitrogens with zero attached hydrogens (tertiary/aromatic N) is 1. The van der Waals surface area contributed by atoms with E-state index in [1.54, 1.807) is 17.8 Å². The summed E-state index contributed by atoms with van der Waals surface area (Å²) in [7, 11) is 0. The number of oxime groups is 1. The Hall–Kier alpha value is -1.49. The number of benzene rings is 1. The van der Waals surface area contributed by atoms with Gasteiger partial charge in [-0.3, -0.25) is 0 Å². The molecule has 1 aromatic carbocycles. The van der Waals surface area contributed by atoms with Crippen molar-refractivity contribution in [2.45, 2.75) is 32.1 Å². The van der Waals surface area contributed by atoms with E-state index >= 15 is 0 Å². The molecule has 1 N–H and O–H groups in total. The lowest BCUT2D eigenvalue weighted by Gasteiger charge is -2.22. The van der Waals surface area contributed by atoms with Crippen molar-refractivity contribution in [2.75, 3.05) is 12.4 Å². The molecule has 0 radical (unpaired) electrons. The fraction of sp³-hybridized carbons (Fsp3) is 0.429. The topological polar surface area (TPSA) is 58.9 Å². The van der Waals surface area contributed by atoms with Crippen LogP contribution in [0.4, 0.5) is 0 Å². The summed E-state index contributed by atoms with van der Waals surface area (Å²) in [5.74, 6) is 0.0562. The molecule has 1 aliphatic heterocycles. The minimum Gasteiger partial charge on any atom is -0.478 e. The number of hydrogen-bond acceptors (Lipinski definition) is 4. The Labute approximate surface area is 116 Å². The zero-order valence-electron chi connectivity index (χ0n) is 11.3. The highest BCUT2D eigenvalue weighted by atomic mass is 32.2. The molecule has 102 valence electrons. The molecule has 0 saturated carbocycles. The van der Waals surface area contributed by atoms with Crippen molar-refractivity contribution in [3.8, 4) is 0 Å². The Morgan fingerprint density at radius 3 is 2.89 bits per heavy atom. The summed E-state index contributed by atoms with van der Waals surface area (Å²) in [5, 5.41) is 13.4. The maximum Gasteiger partial charge on any atom is 0.335 e. The predicted molar refractivity (Wildman–Crippen MR) is 76.4 cm³/mol. The van der Waals surface area contributed by atoms with Crippen LogP contribution in [0.25, 0.3) is 0 Å². The Kier molecular flexibility index (Phi) is 4.14. The summed E-state index contributed by atoms with van der Waals surface area (Å²) in [6.45, 7) is 6.19. The maximum absolute atomic E-state index is 11.3. The fourth-order valence-corrected chi connectivity index (χ4v) is 3.46. The first-order valence-corrected chi connectivity index (χ1v) is 7.24. The maximum atomic E-state index is 11.3. The summed E-state index contributed by atoms with van der Waals surface area (Å²) in [6.07, 6.45) is 0.807. The molecular formula is C14H17NO3S. The van der Waals surface area contributed by atoms with Gasteiger partial charge in [-0.15, -0.1) is 11.8 Å². The Morgan fingerprint density at radius 2 is 2.26 bits per heavy atom. The summed E-state index contributed by atoms with van der Waals surface area (Å²) in [6, 6.07) is 1.74. The summed E-state index contributed by atoms with van der Waals surface area (Å²) >= 11 is 1.76. The van der Waals surface area contributed by atoms with Gasteiger partial charge in [-0.05, 0) is 38.0 Å². The van der Waals surface area contributed by atoms with Crippen LogP contribution in [0.5, 0.6) is 0 Å². The summed E-state index contributed by atoms with van der Waals surface area (Å²) in [5.41, 5.74) is 3.93. The van der Waals surface area contributed by atoms with Gasteiger partial charge in [-0.2, -0.15) is 0 Å². The molecular weight excluding hydrogens is 262 g/mol. The lowest BCUT2D eigenvalue weighted by atomic mass is 9.94. The molecule has 1 aromatic rings. The highest BCUT2D eigenvalue weighted by Gasteiger charge is 2.24. The molecule has 0 saturated heterocycles. The van der Waals surface area contributed by atoms with Gasteiger partial charge < -0.3 is 9.94 Å². The van der Waals surface area contributed by atoms with Gasteiger partial charge in [0.2, 0.25) is 0 Å². The van der Waals surface area contributed by atoms with Crippen LogP contribution in [-0.2, 0) is 4.84 Å². The van der Waals surface area contributed by atoms with E-state index in [-0.39, 0.29) is 0 Å². The van der Waals surface area contributed by atoms with E-state index < -0.39 is 5.97 Å². The minimum absolute atomic E-state index is 0.350. The molecule has 0 spiro atoms. The van der Waals surface area contributed by atoms with Crippen molar-refractivity contribution < 1.29 is 14.7 Å². The molecule has 2 rings (SSSR count). The molecule has 0 fully saturated rings. The van der Waals surface area contributed by atoms with Crippen LogP contribution in [0.3, 0.4) is 0 Å². The average molecular weight is 279 g/mol. The molecule has 0 atom stereocenters. The molecule has 4 nitrogen and oxygen atoms in total. The van der Waals surface area contributed by atoms with Gasteiger partial charge in [0.15, 0.2) is 0 Å². The normalized spacial score (nSPS) is 16.3. The van der Waals surface area contributed by atoms with Gasteiger partial charge in [-0.1, -0.05) is 5.16 Å². The van der Waals surface area contributed by atoms with E-state index in [0.717, 1.165) is 39.5 Å². The monoisotopic (exact) mass is 279 g/mol. The zero-order chi connectivity index (χ0) is 14.0. The second-order valence-electron chi connectivity index (χ2n) is 4.43. The lowest BCUT2D eigenvalue weighted by molar-refractivity contribution is 0.0696. The number of fused-ring (bicyclic) bond motifs is 1. The largest absolute Gasteiger partial charge is 0.478 e. The number of hydrogen-bond donors (Lipinski definition) is 1. The third-order valence-corrected chi connectivity index (χ3v) is 4.36. The van der Waals surface area contributed by atoms with Crippen molar-refractivity contribution >= 4 is 23.4 Å². The van der Waals surface area contributed by atoms with Crippen LogP contribution < -0.4 is 0 Å². The third-order valence-electron chi connectivity index (χ3n) is 3.13. The number of rotatable bonds is 3. The quantitative estimate of drug-likeness (QED) is 0.863. The van der Waals surface area contributed by atoms with Crippen LogP contribution in [0.1, 0.15) is 40.4 Å². The lowest BCUT2D eigenvalue weighted by Crippen LogP contribution is -2.16. The Bertz CT molecular complexity index is 552. The molecule has 1 aliphatic rings. The molecule has 1 heterocycles. The SMILES string of the molecule is CCO/N=C1/CCSc2c(C)cc(C(=O)O)c(C)c21. The van der Waals surface area contributed by atoms with Crippen LogP contribution in [0.15, 0.2) is 16.1 Å². The number of aryl methyl sites for hydroxylation is 1. The minimum atomic E-state index is -0.894. The van der Waals surface area contributed by atoms with Gasteiger partial charge in [0.1, 0.15) is 6.61 Å². The number of carbonyl (C=O) groups is 1. The summed E-state index contributed by atoms with van der Waals surface area (Å²) < 4.78 is 0. The van der Waals surface area contributed by atoms with Crippen molar-refractivity contribution in [1.29, 1.82) is 0 Å². The van der Waals surface area contributed by atoms with Crippen LogP contribution in [0.2, 0.25) is 0 Å². The Balaban J connectivity index is 2.63. The number of thioether (sulfide) groups is 1. The molecule has 0 aromatic heterocycles. The molecule has 0 aliphatic carbocycles. The Morgan fingerprint density at radius 1 is 1.53 bits per heavy atom. The van der Waals surface area contributed by atoms with Crippen molar-refractivity contribution in [3.63, 3.8) is 0 Å². The van der Waals surface area contributed by atoms with Crippen LogP contribution in [-0.4, -0.2) is 29.1 Å². The van der Waals surface area contributed by atoms with Crippen LogP contribution >= 0.6 is 11.8 Å². The van der Waals surface area contributed by atoms with Gasteiger partial charge in [0.25, 0.3) is 0 Å². The number of carboxylic acid groups (broad SMARTS) is 1. The molecule has 0 amide bonds. The highest BCUT2D eigenvalue weighted by molar-refractivity contribution is 7.99. The van der Waals surface area contributed by atoms with Gasteiger partial charge in [0, 0.05) is 22.6 Å². The van der Waals surface area contributed by atoms with Gasteiger partial charge in [-0.25, -0.2) is 4.79 Å². The smallest absolute Gasteiger partial charge is 0.335 e. The first-order valence-electron chi connectivity index (χ1n) is 6.25. The van der Waals surface area contributed by atoms with E-state index in [2.05, 4.69) is 5.16 Å². The van der Waals surface area contributed by atoms with E-state index in [1.807, 2.05) is 20.8 Å². The van der Waals surface area contributed by atoms with Crippen molar-refractivity contribution in [1.82, 2.24) is 0 Å². The van der Waals surface area contributed by atoms with Gasteiger partial charge in [0.05, 0.1) is 11.3 Å². The second-order valence-corrected chi connectivity index (χ2v) is 5.53. The third kappa shape index (κ3) is 2.61. The molecule has 0 bridgehead atoms. The molecule has 0 unspecified atom stereocenters. The number of carboxylic acids is 1. The van der Waals surface area contributed by atoms with E-state index in [0.29, 0.717) is 12.2 Å². The van der Waals surface area contributed by atoms with Gasteiger partial charge >= 0.3 is 5.97 Å². The number of aromatic carboxylic acids is 1.